The van der Waals surface area contributed by atoms with Gasteiger partial charge < -0.3 is 30.5 Å². The normalized spacial score (nSPS) is 20.6. The zero-order chi connectivity index (χ0) is 57.5. The molecule has 4 aliphatic heterocycles. The number of aromatic nitrogens is 3. The average molecular weight is 1150 g/mol. The van der Waals surface area contributed by atoms with E-state index in [2.05, 4.69) is 45.0 Å². The Morgan fingerprint density at radius 3 is 2.28 bits per heavy atom. The van der Waals surface area contributed by atoms with Crippen LogP contribution in [0.4, 0.5) is 24.5 Å². The van der Waals surface area contributed by atoms with Gasteiger partial charge in [0.15, 0.2) is 5.78 Å². The van der Waals surface area contributed by atoms with Gasteiger partial charge in [-0.25, -0.2) is 14.4 Å². The topological polar surface area (TPSA) is 217 Å². The summed E-state index contributed by atoms with van der Waals surface area (Å²) in [6.07, 6.45) is -0.414. The van der Waals surface area contributed by atoms with Gasteiger partial charge in [-0.2, -0.15) is 21.5 Å². The molecule has 5 N–H and O–H groups in total. The highest BCUT2D eigenvalue weighted by Gasteiger charge is 2.45. The monoisotopic (exact) mass is 1150 g/mol. The van der Waals surface area contributed by atoms with Crippen LogP contribution in [-0.2, 0) is 24.6 Å². The number of halogens is 3. The van der Waals surface area contributed by atoms with Crippen molar-refractivity contribution in [3.8, 4) is 21.6 Å². The first-order chi connectivity index (χ1) is 38.6. The molecule has 0 radical (unpaired) electrons. The minimum atomic E-state index is -4.24. The Balaban J connectivity index is 0.723. The molecule has 6 aromatic rings. The zero-order valence-electron chi connectivity index (χ0n) is 45.9. The number of likely N-dealkylation sites (tertiary alicyclic amines) is 2. The molecule has 0 aliphatic carbocycles. The number of para-hydroxylation sites is 1. The van der Waals surface area contributed by atoms with Crippen molar-refractivity contribution >= 4 is 67.5 Å². The highest BCUT2D eigenvalue weighted by atomic mass is 32.2. The fraction of sp³-hybridized carbons (Fsp3) is 0.448. The number of rotatable bonds is 16. The number of carbonyl (C=O) groups excluding carboxylic acids is 4. The van der Waals surface area contributed by atoms with Crippen LogP contribution in [0.5, 0.6) is 0 Å². The number of aliphatic hydroxyl groups excluding tert-OH is 1. The summed E-state index contributed by atoms with van der Waals surface area (Å²) in [5, 5.41) is 16.8. The molecule has 0 saturated carbocycles. The molecule has 3 aromatic carbocycles. The van der Waals surface area contributed by atoms with E-state index in [0.717, 1.165) is 57.6 Å². The maximum atomic E-state index is 15.9. The van der Waals surface area contributed by atoms with Crippen molar-refractivity contribution in [1.82, 2.24) is 44.6 Å². The number of hydrogen-bond donors (Lipinski definition) is 5. The van der Waals surface area contributed by atoms with Crippen molar-refractivity contribution in [1.29, 1.82) is 0 Å². The van der Waals surface area contributed by atoms with Crippen molar-refractivity contribution in [2.24, 2.45) is 5.41 Å². The number of aliphatic hydroxyl groups is 1. The van der Waals surface area contributed by atoms with E-state index in [4.69, 9.17) is 0 Å². The molecule has 4 aliphatic rings. The van der Waals surface area contributed by atoms with E-state index in [1.165, 1.54) is 35.2 Å². The number of pyridine rings is 1. The quantitative estimate of drug-likeness (QED) is 0.0498. The Kier molecular flexibility index (Phi) is 16.8. The fourth-order valence-corrected chi connectivity index (χ4v) is 13.7. The molecular weight excluding hydrogens is 1080 g/mol. The summed E-state index contributed by atoms with van der Waals surface area (Å²) in [5.74, 6) is -3.90. The molecule has 3 amide bonds. The van der Waals surface area contributed by atoms with Gasteiger partial charge in [-0.1, -0.05) is 69.3 Å². The van der Waals surface area contributed by atoms with E-state index in [9.17, 15) is 37.1 Å². The van der Waals surface area contributed by atoms with E-state index in [-0.39, 0.29) is 90.8 Å². The molecule has 3 aromatic heterocycles. The minimum Gasteiger partial charge on any atom is -0.391 e. The fourth-order valence-electron chi connectivity index (χ4n) is 11.6. The van der Waals surface area contributed by atoms with Gasteiger partial charge in [0.2, 0.25) is 29.6 Å². The largest absolute Gasteiger partial charge is 0.391 e. The molecule has 4 fully saturated rings. The van der Waals surface area contributed by atoms with Gasteiger partial charge in [0.1, 0.15) is 23.9 Å². The van der Waals surface area contributed by atoms with Crippen LogP contribution in [0.3, 0.4) is 0 Å². The van der Waals surface area contributed by atoms with Crippen LogP contribution in [0.15, 0.2) is 84.4 Å². The molecule has 0 spiro atoms. The average Bonchev–Trinajstić information content (AvgIpc) is 4.28. The van der Waals surface area contributed by atoms with Crippen molar-refractivity contribution in [3.63, 3.8) is 0 Å². The summed E-state index contributed by atoms with van der Waals surface area (Å²) >= 11 is 1.57. The number of anilines is 2. The van der Waals surface area contributed by atoms with Gasteiger partial charge >= 0.3 is 10.2 Å². The first kappa shape index (κ1) is 57.5. The maximum absolute atomic E-state index is 15.9. The van der Waals surface area contributed by atoms with Crippen LogP contribution >= 0.6 is 11.3 Å². The number of benzene rings is 3. The molecule has 4 saturated heterocycles. The Morgan fingerprint density at radius 2 is 1.60 bits per heavy atom. The number of ketones is 1. The number of fused-ring (bicyclic) bond motifs is 1. The Hall–Kier alpha value is -6.76. The molecule has 5 atom stereocenters. The molecule has 10 rings (SSSR count). The predicted octanol–water partition coefficient (Wildman–Crippen LogP) is 6.83. The molecule has 2 unspecified atom stereocenters. The van der Waals surface area contributed by atoms with Crippen LogP contribution in [0.25, 0.3) is 32.6 Å². The molecular formula is C58H68F3N11O7S2. The first-order valence-corrected chi connectivity index (χ1v) is 29.8. The number of piperidine rings is 1. The van der Waals surface area contributed by atoms with Gasteiger partial charge in [-0.05, 0) is 85.5 Å². The number of piperazine rings is 1. The lowest BCUT2D eigenvalue weighted by Gasteiger charge is -2.43. The number of H-pyrrole nitrogens is 1. The van der Waals surface area contributed by atoms with Crippen LogP contribution < -0.4 is 20.3 Å². The number of hydrogen-bond acceptors (Lipinski definition) is 13. The highest BCUT2D eigenvalue weighted by molar-refractivity contribution is 7.90. The lowest BCUT2D eigenvalue weighted by Crippen LogP contribution is -2.59. The number of β-amino-alcohol motifs (C(OH)–C–C–N with tert-alkyl or cyclic N) is 1. The second kappa shape index (κ2) is 23.6. The third kappa shape index (κ3) is 12.5. The Bertz CT molecular complexity index is 3430. The summed E-state index contributed by atoms with van der Waals surface area (Å²) in [6.45, 7) is 13.4. The SMILES string of the molecule is Cc1ncsc1-c1ccc([C@H](C)NC(=O)[C@@H]2C[C@@H](O)CN2C(=O)C(NC(=O)CN2CCC(N3CCN(c4cccc(-c5cc6c(C(=O)c7ccccc7NS(=O)(=O)N7CCC(F)C7)c(F)[nH]c6nc5F)c4)CC3)CC2)C(C)(C)C)cc1. The van der Waals surface area contributed by atoms with Gasteiger partial charge in [-0.15, -0.1) is 11.3 Å². The smallest absolute Gasteiger partial charge is 0.301 e. The predicted molar refractivity (Wildman–Crippen MR) is 305 cm³/mol. The maximum Gasteiger partial charge on any atom is 0.301 e. The third-order valence-corrected chi connectivity index (χ3v) is 18.6. The Labute approximate surface area is 473 Å². The van der Waals surface area contributed by atoms with Crippen LogP contribution in [0, 0.1) is 24.2 Å². The number of nitrogens with zero attached hydrogens (tertiary/aromatic N) is 7. The van der Waals surface area contributed by atoms with Gasteiger partial charge in [0.05, 0.1) is 46.0 Å². The van der Waals surface area contributed by atoms with Crippen LogP contribution in [0.1, 0.15) is 86.6 Å². The number of aromatic amines is 1. The molecule has 0 bridgehead atoms. The zero-order valence-corrected chi connectivity index (χ0v) is 47.6. The summed E-state index contributed by atoms with van der Waals surface area (Å²) in [7, 11) is -4.24. The number of thiazole rings is 1. The third-order valence-electron chi connectivity index (χ3n) is 16.1. The number of amides is 3. The lowest BCUT2D eigenvalue weighted by molar-refractivity contribution is -0.144. The van der Waals surface area contributed by atoms with Crippen LogP contribution in [0.2, 0.25) is 0 Å². The number of nitrogens with one attached hydrogen (secondary N) is 4. The van der Waals surface area contributed by atoms with E-state index in [1.807, 2.05) is 76.5 Å². The summed E-state index contributed by atoms with van der Waals surface area (Å²) in [5.41, 5.74) is 4.38. The van der Waals surface area contributed by atoms with Crippen molar-refractivity contribution in [2.75, 3.05) is 75.1 Å². The summed E-state index contributed by atoms with van der Waals surface area (Å²) < 4.78 is 75.1. The molecule has 430 valence electrons. The van der Waals surface area contributed by atoms with Crippen molar-refractivity contribution < 1.29 is 45.9 Å². The second-order valence-electron chi connectivity index (χ2n) is 22.7. The van der Waals surface area contributed by atoms with E-state index < -0.39 is 69.1 Å². The minimum absolute atomic E-state index is 0.00341. The standard InChI is InChI=1S/C58H68F3N11O7S2/c1-34(36-13-15-37(16-14-36)51-35(2)62-33-80-51)63-56(76)47-28-42(73)31-72(47)57(77)52(58(3,4)5)64-48(74)32-68-20-18-40(19-21-68)69-23-25-70(26-24-69)41-10-8-9-38(27-41)44-29-45-49(54(61)66-55(45)65-53(44)60)50(75)43-11-6-7-12-46(43)67-81(78,79)71-22-17-39(59)30-71/h6-16,27,29,33-34,39-40,42,47,52,67,73H,17-26,28,30-32H2,1-5H3,(H,63,76)(H,64,74)(H,65,66)/t34-,39?,42+,47-,52?/m0/s1. The second-order valence-corrected chi connectivity index (χ2v) is 25.3. The van der Waals surface area contributed by atoms with Crippen LogP contribution in [-0.4, -0.2) is 167 Å². The first-order valence-electron chi connectivity index (χ1n) is 27.5. The Morgan fingerprint density at radius 1 is 0.877 bits per heavy atom. The van der Waals surface area contributed by atoms with E-state index in [0.29, 0.717) is 31.7 Å². The van der Waals surface area contributed by atoms with Gasteiger partial charge in [-0.3, -0.25) is 33.7 Å². The molecule has 18 nitrogen and oxygen atoms in total. The highest BCUT2D eigenvalue weighted by Crippen LogP contribution is 2.35. The lowest BCUT2D eigenvalue weighted by atomic mass is 9.85. The van der Waals surface area contributed by atoms with Gasteiger partial charge in [0, 0.05) is 93.6 Å². The molecule has 81 heavy (non-hydrogen) atoms. The number of aryl methyl sites for hydroxylation is 1. The summed E-state index contributed by atoms with van der Waals surface area (Å²) in [4.78, 5) is 76.0. The summed E-state index contributed by atoms with van der Waals surface area (Å²) in [6, 6.07) is 20.3. The molecule has 7 heterocycles. The van der Waals surface area contributed by atoms with E-state index >= 15 is 8.78 Å². The number of alkyl halides is 1. The van der Waals surface area contributed by atoms with Crippen molar-refractivity contribution in [2.45, 2.75) is 96.7 Å². The van der Waals surface area contributed by atoms with E-state index in [1.54, 1.807) is 23.5 Å². The van der Waals surface area contributed by atoms with Gasteiger partial charge in [0.25, 0.3) is 0 Å². The number of carbonyl (C=O) groups is 4. The molecule has 23 heteroatoms. The van der Waals surface area contributed by atoms with Crippen molar-refractivity contribution in [3.05, 3.63) is 119 Å².